The monoisotopic (exact) mass is 360 g/mol. The van der Waals surface area contributed by atoms with E-state index in [0.29, 0.717) is 13.2 Å². The minimum atomic E-state index is 0.609. The quantitative estimate of drug-likeness (QED) is 0.689. The summed E-state index contributed by atoms with van der Waals surface area (Å²) in [6.45, 7) is 9.61. The van der Waals surface area contributed by atoms with Gasteiger partial charge in [-0.05, 0) is 72.0 Å². The summed E-state index contributed by atoms with van der Waals surface area (Å²) in [6.07, 6.45) is 0. The van der Waals surface area contributed by atoms with Gasteiger partial charge in [-0.2, -0.15) is 0 Å². The highest BCUT2D eigenvalue weighted by Crippen LogP contribution is 2.29. The van der Waals surface area contributed by atoms with Gasteiger partial charge < -0.3 is 9.47 Å². The number of halogens is 1. The molecule has 0 radical (unpaired) electrons. The lowest BCUT2D eigenvalue weighted by molar-refractivity contribution is 0.134. The predicted molar refractivity (Wildman–Crippen MR) is 95.3 cm³/mol. The predicted octanol–water partition coefficient (Wildman–Crippen LogP) is 5.36. The van der Waals surface area contributed by atoms with Crippen LogP contribution >= 0.6 is 15.9 Å². The second-order valence-corrected chi connectivity index (χ2v) is 6.06. The van der Waals surface area contributed by atoms with Gasteiger partial charge in [0.1, 0.15) is 5.75 Å². The van der Waals surface area contributed by atoms with Gasteiger partial charge >= 0.3 is 0 Å². The van der Waals surface area contributed by atoms with Crippen LogP contribution in [0.2, 0.25) is 0 Å². The molecule has 0 amide bonds. The van der Waals surface area contributed by atoms with Gasteiger partial charge in [0.25, 0.3) is 0 Å². The molecule has 0 aliphatic carbocycles. The number of ether oxygens (including phenoxy) is 2. The molecular formula is C19H21BrO2. The zero-order valence-corrected chi connectivity index (χ0v) is 14.9. The van der Waals surface area contributed by atoms with Crippen LogP contribution in [0.3, 0.4) is 0 Å². The van der Waals surface area contributed by atoms with Crippen LogP contribution in [0, 0.1) is 6.92 Å². The molecule has 2 rings (SSSR count). The van der Waals surface area contributed by atoms with Crippen LogP contribution in [0.1, 0.15) is 29.2 Å². The first kappa shape index (κ1) is 16.8. The average Bonchev–Trinajstić information content (AvgIpc) is 2.51. The summed E-state index contributed by atoms with van der Waals surface area (Å²) in [7, 11) is 1.69. The summed E-state index contributed by atoms with van der Waals surface area (Å²) in [4.78, 5) is 0. The van der Waals surface area contributed by atoms with Gasteiger partial charge in [0.15, 0.2) is 0 Å². The highest BCUT2D eigenvalue weighted by molar-refractivity contribution is 9.10. The molecule has 0 saturated carbocycles. The van der Waals surface area contributed by atoms with Crippen molar-refractivity contribution in [1.29, 1.82) is 0 Å². The standard InChI is InChI=1S/C19H21BrO2/c1-5-22-12-15-9-17(11-18(20)10-15)14(3)16-6-7-19(21-4)13(2)8-16/h6-11H,3,5,12H2,1-2,4H3. The topological polar surface area (TPSA) is 18.5 Å². The molecule has 0 unspecified atom stereocenters. The molecule has 0 atom stereocenters. The molecule has 0 aliphatic rings. The molecule has 2 nitrogen and oxygen atoms in total. The van der Waals surface area contributed by atoms with Crippen molar-refractivity contribution in [2.75, 3.05) is 13.7 Å². The Morgan fingerprint density at radius 3 is 2.55 bits per heavy atom. The molecule has 0 fully saturated rings. The van der Waals surface area contributed by atoms with Crippen molar-refractivity contribution in [1.82, 2.24) is 0 Å². The lowest BCUT2D eigenvalue weighted by atomic mass is 9.96. The molecule has 0 bridgehead atoms. The van der Waals surface area contributed by atoms with Gasteiger partial charge in [0, 0.05) is 11.1 Å². The maximum absolute atomic E-state index is 5.50. The number of benzene rings is 2. The lowest BCUT2D eigenvalue weighted by Gasteiger charge is -2.12. The first-order chi connectivity index (χ1) is 10.5. The van der Waals surface area contributed by atoms with Crippen molar-refractivity contribution in [3.8, 4) is 5.75 Å². The Kier molecular flexibility index (Phi) is 5.81. The summed E-state index contributed by atoms with van der Waals surface area (Å²) in [5.41, 5.74) is 5.42. The van der Waals surface area contributed by atoms with E-state index in [-0.39, 0.29) is 0 Å². The first-order valence-electron chi connectivity index (χ1n) is 7.26. The van der Waals surface area contributed by atoms with E-state index in [0.717, 1.165) is 38.0 Å². The smallest absolute Gasteiger partial charge is 0.121 e. The van der Waals surface area contributed by atoms with E-state index in [9.17, 15) is 0 Å². The molecule has 0 aromatic heterocycles. The number of hydrogen-bond acceptors (Lipinski definition) is 2. The van der Waals surface area contributed by atoms with E-state index in [1.54, 1.807) is 7.11 Å². The Labute approximate surface area is 140 Å². The van der Waals surface area contributed by atoms with Gasteiger partial charge in [0.05, 0.1) is 13.7 Å². The van der Waals surface area contributed by atoms with Crippen LogP contribution in [-0.4, -0.2) is 13.7 Å². The van der Waals surface area contributed by atoms with E-state index < -0.39 is 0 Å². The molecule has 22 heavy (non-hydrogen) atoms. The molecule has 0 saturated heterocycles. The fraction of sp³-hybridized carbons (Fsp3) is 0.263. The second kappa shape index (κ2) is 7.61. The van der Waals surface area contributed by atoms with E-state index in [2.05, 4.69) is 46.8 Å². The van der Waals surface area contributed by atoms with Crippen molar-refractivity contribution < 1.29 is 9.47 Å². The van der Waals surface area contributed by atoms with Crippen molar-refractivity contribution in [3.63, 3.8) is 0 Å². The SMILES string of the molecule is C=C(c1cc(Br)cc(COCC)c1)c1ccc(OC)c(C)c1. The van der Waals surface area contributed by atoms with Crippen molar-refractivity contribution in [2.24, 2.45) is 0 Å². The Morgan fingerprint density at radius 1 is 1.14 bits per heavy atom. The summed E-state index contributed by atoms with van der Waals surface area (Å²) in [6, 6.07) is 12.4. The average molecular weight is 361 g/mol. The third kappa shape index (κ3) is 3.99. The summed E-state index contributed by atoms with van der Waals surface area (Å²) < 4.78 is 11.8. The molecule has 3 heteroatoms. The minimum Gasteiger partial charge on any atom is -0.496 e. The largest absolute Gasteiger partial charge is 0.496 e. The number of hydrogen-bond donors (Lipinski definition) is 0. The third-order valence-electron chi connectivity index (χ3n) is 3.52. The molecule has 0 heterocycles. The Hall–Kier alpha value is -1.58. The molecule has 0 spiro atoms. The van der Waals surface area contributed by atoms with Crippen molar-refractivity contribution in [3.05, 3.63) is 69.7 Å². The fourth-order valence-corrected chi connectivity index (χ4v) is 2.90. The van der Waals surface area contributed by atoms with E-state index in [1.807, 2.05) is 26.0 Å². The zero-order chi connectivity index (χ0) is 16.1. The van der Waals surface area contributed by atoms with E-state index in [1.165, 1.54) is 0 Å². The highest BCUT2D eigenvalue weighted by atomic mass is 79.9. The van der Waals surface area contributed by atoms with E-state index >= 15 is 0 Å². The molecule has 2 aromatic carbocycles. The fourth-order valence-electron chi connectivity index (χ4n) is 2.36. The highest BCUT2D eigenvalue weighted by Gasteiger charge is 2.08. The van der Waals surface area contributed by atoms with Gasteiger partial charge in [-0.3, -0.25) is 0 Å². The van der Waals surface area contributed by atoms with Crippen molar-refractivity contribution >= 4 is 21.5 Å². The molecule has 0 aliphatic heterocycles. The van der Waals surface area contributed by atoms with Gasteiger partial charge in [-0.25, -0.2) is 0 Å². The third-order valence-corrected chi connectivity index (χ3v) is 3.98. The maximum Gasteiger partial charge on any atom is 0.121 e. The van der Waals surface area contributed by atoms with Crippen LogP contribution in [0.25, 0.3) is 5.57 Å². The Bertz CT molecular complexity index is 677. The molecule has 116 valence electrons. The van der Waals surface area contributed by atoms with Crippen LogP contribution < -0.4 is 4.74 Å². The van der Waals surface area contributed by atoms with Crippen molar-refractivity contribution in [2.45, 2.75) is 20.5 Å². The van der Waals surface area contributed by atoms with Crippen LogP contribution in [0.4, 0.5) is 0 Å². The Morgan fingerprint density at radius 2 is 1.91 bits per heavy atom. The molecule has 2 aromatic rings. The minimum absolute atomic E-state index is 0.609. The van der Waals surface area contributed by atoms with Gasteiger partial charge in [-0.1, -0.05) is 28.6 Å². The van der Waals surface area contributed by atoms with Crippen LogP contribution in [0.15, 0.2) is 47.4 Å². The number of methoxy groups -OCH3 is 1. The second-order valence-electron chi connectivity index (χ2n) is 5.15. The summed E-state index contributed by atoms with van der Waals surface area (Å²) >= 11 is 3.57. The number of rotatable bonds is 6. The Balaban J connectivity index is 2.32. The van der Waals surface area contributed by atoms with Gasteiger partial charge in [-0.15, -0.1) is 0 Å². The molecule has 0 N–H and O–H groups in total. The van der Waals surface area contributed by atoms with Gasteiger partial charge in [0.2, 0.25) is 0 Å². The maximum atomic E-state index is 5.50. The lowest BCUT2D eigenvalue weighted by Crippen LogP contribution is -1.95. The number of aryl methyl sites for hydroxylation is 1. The summed E-state index contributed by atoms with van der Waals surface area (Å²) in [5.74, 6) is 0.892. The van der Waals surface area contributed by atoms with E-state index in [4.69, 9.17) is 9.47 Å². The normalized spacial score (nSPS) is 10.5. The first-order valence-corrected chi connectivity index (χ1v) is 8.06. The van der Waals surface area contributed by atoms with Crippen LogP contribution in [0.5, 0.6) is 5.75 Å². The zero-order valence-electron chi connectivity index (χ0n) is 13.3. The summed E-state index contributed by atoms with van der Waals surface area (Å²) in [5, 5.41) is 0. The van der Waals surface area contributed by atoms with Crippen LogP contribution in [-0.2, 0) is 11.3 Å². The molecular weight excluding hydrogens is 340 g/mol.